The summed E-state index contributed by atoms with van der Waals surface area (Å²) in [6.07, 6.45) is 0.893. The lowest BCUT2D eigenvalue weighted by atomic mass is 10.0. The number of benzene rings is 2. The van der Waals surface area contributed by atoms with Gasteiger partial charge in [-0.3, -0.25) is 0 Å². The van der Waals surface area contributed by atoms with Crippen molar-refractivity contribution >= 4 is 38.6 Å². The number of aryl methyl sites for hydroxylation is 1. The zero-order valence-corrected chi connectivity index (χ0v) is 17.2. The molecule has 0 radical (unpaired) electrons. The molecule has 0 amide bonds. The Balaban J connectivity index is 1.83. The van der Waals surface area contributed by atoms with E-state index in [0.29, 0.717) is 4.34 Å². The van der Waals surface area contributed by atoms with Gasteiger partial charge >= 0.3 is 0 Å². The minimum Gasteiger partial charge on any atom is -0.377 e. The highest BCUT2D eigenvalue weighted by Crippen LogP contribution is 2.27. The van der Waals surface area contributed by atoms with Crippen molar-refractivity contribution in [3.05, 3.63) is 82.2 Å². The van der Waals surface area contributed by atoms with Gasteiger partial charge in [0, 0.05) is 12.2 Å². The largest absolute Gasteiger partial charge is 0.377 e. The average Bonchev–Trinajstić information content (AvgIpc) is 3.13. The Morgan fingerprint density at radius 3 is 2.37 bits per heavy atom. The molecule has 1 aromatic heterocycles. The topological polar surface area (TPSA) is 58.2 Å². The summed E-state index contributed by atoms with van der Waals surface area (Å²) < 4.78 is 28.5. The lowest BCUT2D eigenvalue weighted by Crippen LogP contribution is -2.31. The molecule has 1 heterocycles. The van der Waals surface area contributed by atoms with E-state index in [1.807, 2.05) is 48.5 Å². The number of rotatable bonds is 8. The van der Waals surface area contributed by atoms with E-state index in [4.69, 9.17) is 11.6 Å². The molecule has 7 heteroatoms. The molecule has 3 aromatic rings. The highest BCUT2D eigenvalue weighted by atomic mass is 35.5. The summed E-state index contributed by atoms with van der Waals surface area (Å²) in [5, 5.41) is 3.49. The molecule has 2 N–H and O–H groups in total. The van der Waals surface area contributed by atoms with E-state index in [0.717, 1.165) is 29.0 Å². The molecular weight excluding hydrogens is 400 g/mol. The fraction of sp³-hybridized carbons (Fsp3) is 0.200. The predicted molar refractivity (Wildman–Crippen MR) is 113 cm³/mol. The van der Waals surface area contributed by atoms with Crippen LogP contribution in [0.1, 0.15) is 24.1 Å². The summed E-state index contributed by atoms with van der Waals surface area (Å²) in [7, 11) is -3.61. The first-order chi connectivity index (χ1) is 13.0. The summed E-state index contributed by atoms with van der Waals surface area (Å²) in [5.41, 5.74) is 3.20. The number of anilines is 1. The third kappa shape index (κ3) is 5.11. The molecule has 0 bridgehead atoms. The first kappa shape index (κ1) is 19.9. The zero-order chi connectivity index (χ0) is 19.3. The fourth-order valence-electron chi connectivity index (χ4n) is 2.80. The Labute approximate surface area is 169 Å². The van der Waals surface area contributed by atoms with Crippen molar-refractivity contribution in [2.24, 2.45) is 0 Å². The van der Waals surface area contributed by atoms with E-state index < -0.39 is 10.0 Å². The van der Waals surface area contributed by atoms with Crippen LogP contribution in [0.2, 0.25) is 4.34 Å². The van der Waals surface area contributed by atoms with Gasteiger partial charge in [-0.25, -0.2) is 13.1 Å². The van der Waals surface area contributed by atoms with Crippen LogP contribution in [0.5, 0.6) is 0 Å². The second kappa shape index (κ2) is 8.89. The second-order valence-electron chi connectivity index (χ2n) is 6.03. The van der Waals surface area contributed by atoms with Gasteiger partial charge in [-0.15, -0.1) is 11.3 Å². The first-order valence-corrected chi connectivity index (χ1v) is 11.3. The van der Waals surface area contributed by atoms with E-state index in [9.17, 15) is 8.42 Å². The van der Waals surface area contributed by atoms with Gasteiger partial charge in [-0.05, 0) is 35.7 Å². The SMILES string of the molecule is CCc1ccccc1NC(CNS(=O)(=O)c1ccc(Cl)s1)c1ccccc1. The average molecular weight is 421 g/mol. The fourth-order valence-corrected chi connectivity index (χ4v) is 5.38. The Kier molecular flexibility index (Phi) is 6.55. The van der Waals surface area contributed by atoms with Crippen molar-refractivity contribution in [1.29, 1.82) is 0 Å². The second-order valence-corrected chi connectivity index (χ2v) is 9.74. The van der Waals surface area contributed by atoms with Gasteiger partial charge in [0.25, 0.3) is 0 Å². The number of thiophene rings is 1. The summed E-state index contributed by atoms with van der Waals surface area (Å²) in [4.78, 5) is 0. The smallest absolute Gasteiger partial charge is 0.250 e. The number of nitrogens with one attached hydrogen (secondary N) is 2. The van der Waals surface area contributed by atoms with Gasteiger partial charge in [-0.2, -0.15) is 0 Å². The van der Waals surface area contributed by atoms with Gasteiger partial charge in [-0.1, -0.05) is 67.1 Å². The van der Waals surface area contributed by atoms with Crippen LogP contribution in [0.15, 0.2) is 70.9 Å². The number of halogens is 1. The van der Waals surface area contributed by atoms with Crippen LogP contribution in [-0.4, -0.2) is 15.0 Å². The van der Waals surface area contributed by atoms with Crippen LogP contribution < -0.4 is 10.0 Å². The van der Waals surface area contributed by atoms with Crippen molar-refractivity contribution in [1.82, 2.24) is 4.72 Å². The van der Waals surface area contributed by atoms with Crippen molar-refractivity contribution in [2.45, 2.75) is 23.6 Å². The highest BCUT2D eigenvalue weighted by Gasteiger charge is 2.20. The molecule has 0 aliphatic rings. The Morgan fingerprint density at radius 1 is 1.00 bits per heavy atom. The number of para-hydroxylation sites is 1. The normalized spacial score (nSPS) is 12.7. The van der Waals surface area contributed by atoms with E-state index >= 15 is 0 Å². The van der Waals surface area contributed by atoms with E-state index in [1.54, 1.807) is 6.07 Å². The summed E-state index contributed by atoms with van der Waals surface area (Å²) in [5.74, 6) is 0. The molecule has 3 rings (SSSR count). The molecule has 0 aliphatic carbocycles. The van der Waals surface area contributed by atoms with Gasteiger partial charge in [0.15, 0.2) is 0 Å². The quantitative estimate of drug-likeness (QED) is 0.533. The minimum absolute atomic E-state index is 0.205. The van der Waals surface area contributed by atoms with Crippen molar-refractivity contribution in [3.63, 3.8) is 0 Å². The third-order valence-corrected chi connectivity index (χ3v) is 7.37. The molecule has 0 saturated carbocycles. The van der Waals surface area contributed by atoms with Gasteiger partial charge in [0.1, 0.15) is 4.21 Å². The maximum Gasteiger partial charge on any atom is 0.250 e. The monoisotopic (exact) mass is 420 g/mol. The summed E-state index contributed by atoms with van der Waals surface area (Å²) in [6, 6.07) is 20.8. The molecule has 1 atom stereocenters. The van der Waals surface area contributed by atoms with Crippen molar-refractivity contribution in [2.75, 3.05) is 11.9 Å². The lowest BCUT2D eigenvalue weighted by molar-refractivity contribution is 0.578. The van der Waals surface area contributed by atoms with Crippen LogP contribution in [-0.2, 0) is 16.4 Å². The van der Waals surface area contributed by atoms with E-state index in [2.05, 4.69) is 23.0 Å². The molecule has 4 nitrogen and oxygen atoms in total. The molecular formula is C20H21ClN2O2S2. The number of sulfonamides is 1. The molecule has 0 aliphatic heterocycles. The molecule has 142 valence electrons. The zero-order valence-electron chi connectivity index (χ0n) is 14.9. The van der Waals surface area contributed by atoms with Crippen LogP contribution in [0.3, 0.4) is 0 Å². The Bertz CT molecular complexity index is 988. The van der Waals surface area contributed by atoms with Crippen LogP contribution >= 0.6 is 22.9 Å². The maximum atomic E-state index is 12.6. The minimum atomic E-state index is -3.61. The lowest BCUT2D eigenvalue weighted by Gasteiger charge is -2.22. The first-order valence-electron chi connectivity index (χ1n) is 8.64. The summed E-state index contributed by atoms with van der Waals surface area (Å²) in [6.45, 7) is 2.32. The highest BCUT2D eigenvalue weighted by molar-refractivity contribution is 7.91. The Morgan fingerprint density at radius 2 is 1.70 bits per heavy atom. The number of hydrogen-bond donors (Lipinski definition) is 2. The molecule has 0 saturated heterocycles. The standard InChI is InChI=1S/C20H21ClN2O2S2/c1-2-15-8-6-7-11-17(15)23-18(16-9-4-3-5-10-16)14-22-27(24,25)20-13-12-19(21)26-20/h3-13,18,22-23H,2,14H2,1H3. The molecule has 0 fully saturated rings. The molecule has 1 unspecified atom stereocenters. The maximum absolute atomic E-state index is 12.6. The van der Waals surface area contributed by atoms with Crippen LogP contribution in [0, 0.1) is 0 Å². The van der Waals surface area contributed by atoms with Crippen molar-refractivity contribution < 1.29 is 8.42 Å². The Hall–Kier alpha value is -1.86. The van der Waals surface area contributed by atoms with Crippen molar-refractivity contribution in [3.8, 4) is 0 Å². The molecule has 27 heavy (non-hydrogen) atoms. The summed E-state index contributed by atoms with van der Waals surface area (Å²) >= 11 is 6.93. The third-order valence-electron chi connectivity index (χ3n) is 4.22. The molecule has 2 aromatic carbocycles. The van der Waals surface area contributed by atoms with Crippen LogP contribution in [0.25, 0.3) is 0 Å². The molecule has 0 spiro atoms. The van der Waals surface area contributed by atoms with E-state index in [1.165, 1.54) is 11.6 Å². The van der Waals surface area contributed by atoms with Gasteiger partial charge in [0.2, 0.25) is 10.0 Å². The number of hydrogen-bond acceptors (Lipinski definition) is 4. The van der Waals surface area contributed by atoms with Gasteiger partial charge < -0.3 is 5.32 Å². The van der Waals surface area contributed by atoms with Gasteiger partial charge in [0.05, 0.1) is 10.4 Å². The van der Waals surface area contributed by atoms with E-state index in [-0.39, 0.29) is 16.8 Å². The predicted octanol–water partition coefficient (Wildman–Crippen LogP) is 5.10. The van der Waals surface area contributed by atoms with Crippen LogP contribution in [0.4, 0.5) is 5.69 Å².